The summed E-state index contributed by atoms with van der Waals surface area (Å²) in [6, 6.07) is 19.0. The fourth-order valence-corrected chi connectivity index (χ4v) is 3.66. The zero-order valence-corrected chi connectivity index (χ0v) is 16.0. The second-order valence-electron chi connectivity index (χ2n) is 7.17. The van der Waals surface area contributed by atoms with E-state index in [2.05, 4.69) is 55.3 Å². The van der Waals surface area contributed by atoms with Crippen molar-refractivity contribution >= 4 is 17.3 Å². The number of hydrogen-bond acceptors (Lipinski definition) is 3. The van der Waals surface area contributed by atoms with Crippen LogP contribution in [-0.2, 0) is 0 Å². The zero-order chi connectivity index (χ0) is 18.5. The first-order valence-corrected chi connectivity index (χ1v) is 9.56. The number of carbonyl (C=O) groups excluding carboxylic acids is 1. The van der Waals surface area contributed by atoms with E-state index < -0.39 is 0 Å². The van der Waals surface area contributed by atoms with Gasteiger partial charge >= 0.3 is 0 Å². The van der Waals surface area contributed by atoms with E-state index in [1.807, 2.05) is 35.2 Å². The summed E-state index contributed by atoms with van der Waals surface area (Å²) >= 11 is 0. The first kappa shape index (κ1) is 18.3. The summed E-state index contributed by atoms with van der Waals surface area (Å²) in [5.41, 5.74) is 3.06. The number of anilines is 2. The summed E-state index contributed by atoms with van der Waals surface area (Å²) < 4.78 is 0. The molecule has 1 N–H and O–H groups in total. The third kappa shape index (κ3) is 4.18. The number of benzene rings is 2. The molecule has 2 aromatic rings. The average molecular weight is 351 g/mol. The largest absolute Gasteiger partial charge is 0.380 e. The van der Waals surface area contributed by atoms with Crippen LogP contribution in [-0.4, -0.2) is 42.5 Å². The normalized spacial score (nSPS) is 16.8. The van der Waals surface area contributed by atoms with Gasteiger partial charge in [-0.25, -0.2) is 0 Å². The molecule has 1 aliphatic heterocycles. The Kier molecular flexibility index (Phi) is 5.82. The summed E-state index contributed by atoms with van der Waals surface area (Å²) in [4.78, 5) is 17.1. The minimum absolute atomic E-state index is 0.126. The van der Waals surface area contributed by atoms with Gasteiger partial charge in [-0.3, -0.25) is 4.79 Å². The number of rotatable bonds is 6. The monoisotopic (exact) mass is 351 g/mol. The Morgan fingerprint density at radius 1 is 1.15 bits per heavy atom. The molecule has 1 heterocycles. The van der Waals surface area contributed by atoms with Gasteiger partial charge < -0.3 is 15.1 Å². The zero-order valence-electron chi connectivity index (χ0n) is 16.0. The minimum Gasteiger partial charge on any atom is -0.380 e. The van der Waals surface area contributed by atoms with E-state index in [-0.39, 0.29) is 5.91 Å². The molecule has 0 radical (unpaired) electrons. The molecule has 2 aromatic carbocycles. The predicted molar refractivity (Wildman–Crippen MR) is 109 cm³/mol. The smallest absolute Gasteiger partial charge is 0.253 e. The summed E-state index contributed by atoms with van der Waals surface area (Å²) in [6.45, 7) is 9.05. The number of nitrogens with one attached hydrogen (secondary N) is 1. The van der Waals surface area contributed by atoms with E-state index in [1.165, 1.54) is 5.69 Å². The fraction of sp³-hybridized carbons (Fsp3) is 0.409. The molecule has 1 aliphatic rings. The predicted octanol–water partition coefficient (Wildman–Crippen LogP) is 4.25. The number of nitrogens with zero attached hydrogens (tertiary/aromatic N) is 2. The molecule has 138 valence electrons. The van der Waals surface area contributed by atoms with E-state index in [9.17, 15) is 4.79 Å². The molecular formula is C22H29N3O. The molecule has 0 saturated carbocycles. The van der Waals surface area contributed by atoms with Gasteiger partial charge in [-0.2, -0.15) is 0 Å². The lowest BCUT2D eigenvalue weighted by Crippen LogP contribution is -2.32. The number of amides is 1. The number of para-hydroxylation sites is 1. The van der Waals surface area contributed by atoms with Gasteiger partial charge in [0.2, 0.25) is 0 Å². The quantitative estimate of drug-likeness (QED) is 0.845. The van der Waals surface area contributed by atoms with Crippen LogP contribution >= 0.6 is 0 Å². The lowest BCUT2D eigenvalue weighted by Gasteiger charge is -2.27. The highest BCUT2D eigenvalue weighted by molar-refractivity contribution is 5.94. The van der Waals surface area contributed by atoms with Gasteiger partial charge in [0.1, 0.15) is 0 Å². The molecule has 4 heteroatoms. The average Bonchev–Trinajstić information content (AvgIpc) is 3.11. The van der Waals surface area contributed by atoms with Crippen LogP contribution in [0.5, 0.6) is 0 Å². The molecule has 1 atom stereocenters. The Morgan fingerprint density at radius 3 is 2.46 bits per heavy atom. The van der Waals surface area contributed by atoms with Gasteiger partial charge in [0.15, 0.2) is 0 Å². The van der Waals surface area contributed by atoms with Crippen LogP contribution < -0.4 is 10.2 Å². The Labute approximate surface area is 156 Å². The van der Waals surface area contributed by atoms with Gasteiger partial charge in [0, 0.05) is 48.7 Å². The number of carbonyl (C=O) groups is 1. The van der Waals surface area contributed by atoms with Gasteiger partial charge in [-0.15, -0.1) is 0 Å². The molecule has 1 saturated heterocycles. The molecule has 4 nitrogen and oxygen atoms in total. The summed E-state index contributed by atoms with van der Waals surface area (Å²) in [6.07, 6.45) is 0.982. The van der Waals surface area contributed by atoms with Crippen molar-refractivity contribution in [2.45, 2.75) is 39.3 Å². The van der Waals surface area contributed by atoms with Crippen molar-refractivity contribution in [1.82, 2.24) is 4.90 Å². The molecule has 26 heavy (non-hydrogen) atoms. The van der Waals surface area contributed by atoms with Crippen LogP contribution in [0.4, 0.5) is 11.4 Å². The lowest BCUT2D eigenvalue weighted by atomic mass is 10.1. The molecular weight excluding hydrogens is 322 g/mol. The van der Waals surface area contributed by atoms with Crippen molar-refractivity contribution in [3.05, 3.63) is 60.2 Å². The van der Waals surface area contributed by atoms with Gasteiger partial charge in [-0.1, -0.05) is 18.2 Å². The van der Waals surface area contributed by atoms with E-state index in [0.717, 1.165) is 37.3 Å². The van der Waals surface area contributed by atoms with Crippen molar-refractivity contribution in [2.75, 3.05) is 29.9 Å². The van der Waals surface area contributed by atoms with Crippen LogP contribution in [0.25, 0.3) is 0 Å². The summed E-state index contributed by atoms with van der Waals surface area (Å²) in [5.74, 6) is 0.126. The standard InChI is InChI=1S/C22H29N3O/c1-4-25(17(2)3)21-12-10-18(11-13-21)22(26)24-15-14-20(16-24)23-19-8-6-5-7-9-19/h5-13,17,20,23H,4,14-16H2,1-3H3. The van der Waals surface area contributed by atoms with E-state index in [0.29, 0.717) is 12.1 Å². The Morgan fingerprint density at radius 2 is 1.85 bits per heavy atom. The maximum Gasteiger partial charge on any atom is 0.253 e. The van der Waals surface area contributed by atoms with Crippen molar-refractivity contribution in [3.63, 3.8) is 0 Å². The highest BCUT2D eigenvalue weighted by atomic mass is 16.2. The van der Waals surface area contributed by atoms with Crippen LogP contribution in [0.1, 0.15) is 37.6 Å². The molecule has 1 unspecified atom stereocenters. The van der Waals surface area contributed by atoms with Gasteiger partial charge in [-0.05, 0) is 63.6 Å². The second kappa shape index (κ2) is 8.26. The van der Waals surface area contributed by atoms with Gasteiger partial charge in [0.25, 0.3) is 5.91 Å². The molecule has 0 aromatic heterocycles. The van der Waals surface area contributed by atoms with E-state index in [1.54, 1.807) is 0 Å². The Hall–Kier alpha value is -2.49. The highest BCUT2D eigenvalue weighted by Crippen LogP contribution is 2.21. The summed E-state index contributed by atoms with van der Waals surface area (Å²) in [7, 11) is 0. The second-order valence-corrected chi connectivity index (χ2v) is 7.17. The lowest BCUT2D eigenvalue weighted by molar-refractivity contribution is 0.0791. The molecule has 0 aliphatic carbocycles. The number of likely N-dealkylation sites (tertiary alicyclic amines) is 1. The van der Waals surface area contributed by atoms with Crippen LogP contribution in [0, 0.1) is 0 Å². The third-order valence-corrected chi connectivity index (χ3v) is 5.03. The van der Waals surface area contributed by atoms with Crippen LogP contribution in [0.3, 0.4) is 0 Å². The van der Waals surface area contributed by atoms with Crippen molar-refractivity contribution in [2.24, 2.45) is 0 Å². The molecule has 1 fully saturated rings. The number of hydrogen-bond donors (Lipinski definition) is 1. The molecule has 0 spiro atoms. The fourth-order valence-electron chi connectivity index (χ4n) is 3.66. The van der Waals surface area contributed by atoms with Crippen molar-refractivity contribution in [3.8, 4) is 0 Å². The Bertz CT molecular complexity index is 712. The van der Waals surface area contributed by atoms with Crippen LogP contribution in [0.2, 0.25) is 0 Å². The van der Waals surface area contributed by atoms with Gasteiger partial charge in [0.05, 0.1) is 0 Å². The topological polar surface area (TPSA) is 35.6 Å². The molecule has 1 amide bonds. The first-order chi connectivity index (χ1) is 12.6. The Balaban J connectivity index is 1.61. The molecule has 0 bridgehead atoms. The highest BCUT2D eigenvalue weighted by Gasteiger charge is 2.27. The van der Waals surface area contributed by atoms with Crippen molar-refractivity contribution in [1.29, 1.82) is 0 Å². The van der Waals surface area contributed by atoms with E-state index in [4.69, 9.17) is 0 Å². The van der Waals surface area contributed by atoms with Crippen molar-refractivity contribution < 1.29 is 4.79 Å². The maximum absolute atomic E-state index is 12.8. The SMILES string of the molecule is CCN(c1ccc(C(=O)N2CCC(Nc3ccccc3)C2)cc1)C(C)C. The third-order valence-electron chi connectivity index (χ3n) is 5.03. The summed E-state index contributed by atoms with van der Waals surface area (Å²) in [5, 5.41) is 3.52. The molecule has 3 rings (SSSR count). The minimum atomic E-state index is 0.126. The maximum atomic E-state index is 12.8. The van der Waals surface area contributed by atoms with Crippen LogP contribution in [0.15, 0.2) is 54.6 Å². The van der Waals surface area contributed by atoms with E-state index >= 15 is 0 Å². The first-order valence-electron chi connectivity index (χ1n) is 9.56.